The average Bonchev–Trinajstić information content (AvgIpc) is 2.98. The number of nitrogens with one attached hydrogen (secondary N) is 3. The second kappa shape index (κ2) is 14.0. The van der Waals surface area contributed by atoms with Crippen LogP contribution >= 0.6 is 0 Å². The van der Waals surface area contributed by atoms with Crippen LogP contribution in [0.1, 0.15) is 11.1 Å². The number of hydrogen-bond donors (Lipinski definition) is 4. The molecule has 1 heterocycles. The normalized spacial score (nSPS) is 10.3. The number of urea groups is 1. The van der Waals surface area contributed by atoms with E-state index in [2.05, 4.69) is 16.0 Å². The van der Waals surface area contributed by atoms with Crippen molar-refractivity contribution in [3.63, 3.8) is 0 Å². The Morgan fingerprint density at radius 3 is 2.33 bits per heavy atom. The van der Waals surface area contributed by atoms with Crippen molar-refractivity contribution in [1.29, 1.82) is 0 Å². The summed E-state index contributed by atoms with van der Waals surface area (Å²) < 4.78 is 12.6. The van der Waals surface area contributed by atoms with Gasteiger partial charge in [-0.05, 0) is 35.4 Å². The molecule has 10 heteroatoms. The summed E-state index contributed by atoms with van der Waals surface area (Å²) in [4.78, 5) is 34.4. The Hall–Kier alpha value is -5.38. The van der Waals surface area contributed by atoms with E-state index >= 15 is 0 Å². The molecule has 10 nitrogen and oxygen atoms in total. The number of amides is 3. The third-order valence-corrected chi connectivity index (χ3v) is 5.68. The van der Waals surface area contributed by atoms with Gasteiger partial charge in [-0.1, -0.05) is 60.7 Å². The summed E-state index contributed by atoms with van der Waals surface area (Å²) in [5, 5.41) is 16.3. The molecule has 0 aliphatic rings. The number of ether oxygens (including phenoxy) is 2. The number of carboxylic acids is 1. The van der Waals surface area contributed by atoms with Gasteiger partial charge in [0, 0.05) is 22.9 Å². The second-order valence-electron chi connectivity index (χ2n) is 8.69. The molecule has 4 aromatic rings. The smallest absolute Gasteiger partial charge is 0.412 e. The van der Waals surface area contributed by atoms with E-state index in [1.54, 1.807) is 23.0 Å². The van der Waals surface area contributed by atoms with Crippen LogP contribution in [0.5, 0.6) is 5.75 Å². The zero-order valence-electron chi connectivity index (χ0n) is 21.6. The van der Waals surface area contributed by atoms with Gasteiger partial charge in [0.2, 0.25) is 0 Å². The van der Waals surface area contributed by atoms with Gasteiger partial charge in [-0.3, -0.25) is 4.79 Å². The van der Waals surface area contributed by atoms with Crippen molar-refractivity contribution in [3.8, 4) is 16.9 Å². The molecule has 0 radical (unpaired) electrons. The Morgan fingerprint density at radius 2 is 1.55 bits per heavy atom. The molecule has 0 saturated heterocycles. The molecule has 0 aliphatic carbocycles. The first-order chi connectivity index (χ1) is 19.5. The third-order valence-electron chi connectivity index (χ3n) is 5.68. The van der Waals surface area contributed by atoms with Crippen LogP contribution in [0.25, 0.3) is 11.1 Å². The number of nitrogens with zero attached hydrogens (tertiary/aromatic N) is 1. The highest BCUT2D eigenvalue weighted by molar-refractivity contribution is 5.89. The van der Waals surface area contributed by atoms with E-state index < -0.39 is 18.6 Å². The zero-order chi connectivity index (χ0) is 28.2. The Morgan fingerprint density at radius 1 is 0.800 bits per heavy atom. The van der Waals surface area contributed by atoms with Crippen LogP contribution in [0.2, 0.25) is 0 Å². The standard InChI is InChI=1S/C30H28N4O6/c35-28(36)18-32-30(38)40-21-34-16-6-7-23(19-34)17-31-29(37)33-25-14-12-22(13-15-25)20-39-27-11-5-4-10-26(27)24-8-2-1-3-9-24/h1-16,19H,17-18,20-21H2,(H3-,31,32,33,35,36,37,38)/p+1. The topological polar surface area (TPSA) is 130 Å². The number of carboxylic acid groups (broad SMARTS) is 1. The van der Waals surface area contributed by atoms with Crippen LogP contribution in [0.3, 0.4) is 0 Å². The molecule has 3 amide bonds. The molecule has 0 spiro atoms. The van der Waals surface area contributed by atoms with E-state index in [0.717, 1.165) is 28.0 Å². The third kappa shape index (κ3) is 8.59. The number of hydrogen-bond acceptors (Lipinski definition) is 5. The Kier molecular flexibility index (Phi) is 9.65. The van der Waals surface area contributed by atoms with Crippen LogP contribution in [0.4, 0.5) is 15.3 Å². The van der Waals surface area contributed by atoms with Gasteiger partial charge < -0.3 is 30.5 Å². The first-order valence-electron chi connectivity index (χ1n) is 12.5. The monoisotopic (exact) mass is 541 g/mol. The lowest BCUT2D eigenvalue weighted by molar-refractivity contribution is -0.727. The molecular formula is C30H29N4O6+. The number of carbonyl (C=O) groups excluding carboxylic acids is 2. The quantitative estimate of drug-likeness (QED) is 0.210. The van der Waals surface area contributed by atoms with Gasteiger partial charge >= 0.3 is 18.1 Å². The van der Waals surface area contributed by atoms with Crippen LogP contribution in [-0.2, 0) is 29.4 Å². The molecule has 0 bridgehead atoms. The molecular weight excluding hydrogens is 512 g/mol. The lowest BCUT2D eigenvalue weighted by Gasteiger charge is -2.12. The van der Waals surface area contributed by atoms with Crippen LogP contribution in [0, 0.1) is 0 Å². The Balaban J connectivity index is 1.23. The molecule has 4 N–H and O–H groups in total. The van der Waals surface area contributed by atoms with Gasteiger partial charge in [0.1, 0.15) is 18.9 Å². The second-order valence-corrected chi connectivity index (χ2v) is 8.69. The Labute approximate surface area is 231 Å². The molecule has 0 aliphatic heterocycles. The lowest BCUT2D eigenvalue weighted by atomic mass is 10.0. The number of aliphatic carboxylic acids is 1. The maximum absolute atomic E-state index is 12.4. The average molecular weight is 542 g/mol. The number of aromatic nitrogens is 1. The number of para-hydroxylation sites is 1. The van der Waals surface area contributed by atoms with Crippen molar-refractivity contribution >= 4 is 23.8 Å². The summed E-state index contributed by atoms with van der Waals surface area (Å²) in [7, 11) is 0. The number of rotatable bonds is 11. The fourth-order valence-electron chi connectivity index (χ4n) is 3.74. The maximum Gasteiger partial charge on any atom is 0.412 e. The van der Waals surface area contributed by atoms with Crippen molar-refractivity contribution < 1.29 is 33.5 Å². The maximum atomic E-state index is 12.4. The van der Waals surface area contributed by atoms with Crippen LogP contribution in [0.15, 0.2) is 103 Å². The summed E-state index contributed by atoms with van der Waals surface area (Å²) in [6.07, 6.45) is 2.54. The molecule has 0 unspecified atom stereocenters. The highest BCUT2D eigenvalue weighted by Crippen LogP contribution is 2.30. The van der Waals surface area contributed by atoms with Crippen LogP contribution in [-0.4, -0.2) is 29.7 Å². The highest BCUT2D eigenvalue weighted by Gasteiger charge is 2.10. The first kappa shape index (κ1) is 27.6. The SMILES string of the molecule is O=C(O)CNC(=O)OC[n+]1cccc(CNC(=O)Nc2ccc(COc3ccccc3-c3ccccc3)cc2)c1. The minimum absolute atomic E-state index is 0.112. The fraction of sp³-hybridized carbons (Fsp3) is 0.133. The van der Waals surface area contributed by atoms with Gasteiger partial charge in [0.25, 0.3) is 6.73 Å². The van der Waals surface area contributed by atoms with E-state index in [1.165, 1.54) is 0 Å². The van der Waals surface area contributed by atoms with Crippen molar-refractivity contribution in [2.75, 3.05) is 11.9 Å². The number of pyridine rings is 1. The highest BCUT2D eigenvalue weighted by atomic mass is 16.6. The summed E-state index contributed by atoms with van der Waals surface area (Å²) >= 11 is 0. The molecule has 204 valence electrons. The van der Waals surface area contributed by atoms with Gasteiger partial charge in [-0.25, -0.2) is 9.59 Å². The van der Waals surface area contributed by atoms with Gasteiger partial charge in [-0.2, -0.15) is 4.57 Å². The molecule has 0 saturated carbocycles. The first-order valence-corrected chi connectivity index (χ1v) is 12.5. The lowest BCUT2D eigenvalue weighted by Crippen LogP contribution is -2.39. The van der Waals surface area contributed by atoms with Gasteiger partial charge in [-0.15, -0.1) is 0 Å². The number of carbonyl (C=O) groups is 3. The fourth-order valence-corrected chi connectivity index (χ4v) is 3.74. The van der Waals surface area contributed by atoms with Crippen LogP contribution < -0.4 is 25.3 Å². The zero-order valence-corrected chi connectivity index (χ0v) is 21.6. The van der Waals surface area contributed by atoms with Crippen molar-refractivity contribution in [1.82, 2.24) is 10.6 Å². The predicted octanol–water partition coefficient (Wildman–Crippen LogP) is 4.31. The van der Waals surface area contributed by atoms with E-state index in [0.29, 0.717) is 12.3 Å². The van der Waals surface area contributed by atoms with E-state index in [4.69, 9.17) is 14.6 Å². The summed E-state index contributed by atoms with van der Waals surface area (Å²) in [6.45, 7) is -0.0123. The van der Waals surface area contributed by atoms with Gasteiger partial charge in [0.15, 0.2) is 12.4 Å². The van der Waals surface area contributed by atoms with Crippen molar-refractivity contribution in [2.24, 2.45) is 0 Å². The number of benzene rings is 3. The molecule has 0 atom stereocenters. The van der Waals surface area contributed by atoms with E-state index in [1.807, 2.05) is 84.9 Å². The molecule has 3 aromatic carbocycles. The Bertz CT molecular complexity index is 1440. The molecule has 4 rings (SSSR count). The molecule has 0 fully saturated rings. The van der Waals surface area contributed by atoms with Gasteiger partial charge in [0.05, 0.1) is 6.54 Å². The molecule has 40 heavy (non-hydrogen) atoms. The largest absolute Gasteiger partial charge is 0.488 e. The minimum Gasteiger partial charge on any atom is -0.488 e. The summed E-state index contributed by atoms with van der Waals surface area (Å²) in [5.41, 5.74) is 4.48. The summed E-state index contributed by atoms with van der Waals surface area (Å²) in [5.74, 6) is -0.368. The van der Waals surface area contributed by atoms with E-state index in [-0.39, 0.29) is 19.3 Å². The van der Waals surface area contributed by atoms with E-state index in [9.17, 15) is 14.4 Å². The number of anilines is 1. The predicted molar refractivity (Wildman–Crippen MR) is 147 cm³/mol. The summed E-state index contributed by atoms with van der Waals surface area (Å²) in [6, 6.07) is 28.6. The van der Waals surface area contributed by atoms with Crippen molar-refractivity contribution in [3.05, 3.63) is 115 Å². The minimum atomic E-state index is -1.17. The molecule has 1 aromatic heterocycles. The number of alkyl carbamates (subject to hydrolysis) is 1. The van der Waals surface area contributed by atoms with Crippen molar-refractivity contribution in [2.45, 2.75) is 19.9 Å².